The van der Waals surface area contributed by atoms with Gasteiger partial charge in [-0.05, 0) is 56.7 Å². The molecule has 2 saturated carbocycles. The Labute approximate surface area is 248 Å². The fourth-order valence-corrected chi connectivity index (χ4v) is 5.60. The molecule has 2 aliphatic carbocycles. The normalized spacial score (nSPS) is 19.8. The first-order valence-electron chi connectivity index (χ1n) is 14.4. The number of imide groups is 1. The van der Waals surface area contributed by atoms with Crippen molar-refractivity contribution in [1.82, 2.24) is 34.2 Å². The largest absolute Gasteiger partial charge is 0.354 e. The Kier molecular flexibility index (Phi) is 6.33. The molecule has 1 saturated heterocycles. The van der Waals surface area contributed by atoms with E-state index in [1.165, 1.54) is 11.9 Å². The Morgan fingerprint density at radius 1 is 1.07 bits per heavy atom. The van der Waals surface area contributed by atoms with Crippen molar-refractivity contribution >= 4 is 40.9 Å². The number of nitrogens with one attached hydrogen (secondary N) is 1. The lowest BCUT2D eigenvalue weighted by Gasteiger charge is -2.18. The molecule has 7 rings (SSSR count). The van der Waals surface area contributed by atoms with Gasteiger partial charge in [-0.3, -0.25) is 24.7 Å². The third-order valence-corrected chi connectivity index (χ3v) is 8.27. The smallest absolute Gasteiger partial charge is 0.331 e. The predicted molar refractivity (Wildman–Crippen MR) is 158 cm³/mol. The summed E-state index contributed by atoms with van der Waals surface area (Å²) in [5.41, 5.74) is 4.75. The Hall–Kier alpha value is -4.94. The standard InChI is InChI=1S/C30H32N10O3/c1-16-7-8-31-26(32-16)21-11-22(21)28(42)36-29-33-17(2)9-24(35-29)37(3)13-20-14-39-12-19(18-5-6-18)10-23(27(39)34-20)40-15-25(41)38(4)30(40)43/h7-10,12,14,18,21-22H,5-6,11,13,15H2,1-4H3,(H,33,35,36,42)/t21-,22-/m0/s1. The number of likely N-dealkylation sites (N-methyl/N-ethyl adjacent to an activating group) is 1. The van der Waals surface area contributed by atoms with Crippen LogP contribution in [-0.4, -0.2) is 72.7 Å². The molecule has 0 aromatic carbocycles. The van der Waals surface area contributed by atoms with E-state index in [2.05, 4.69) is 31.4 Å². The van der Waals surface area contributed by atoms with E-state index in [9.17, 15) is 14.4 Å². The molecule has 2 atom stereocenters. The molecule has 1 N–H and O–H groups in total. The van der Waals surface area contributed by atoms with Crippen LogP contribution in [0.15, 0.2) is 36.8 Å². The molecule has 0 unspecified atom stereocenters. The van der Waals surface area contributed by atoms with Crippen LogP contribution in [-0.2, 0) is 16.1 Å². The minimum Gasteiger partial charge on any atom is -0.354 e. The van der Waals surface area contributed by atoms with Gasteiger partial charge in [0.25, 0.3) is 0 Å². The van der Waals surface area contributed by atoms with Crippen molar-refractivity contribution in [2.24, 2.45) is 5.92 Å². The molecule has 4 aromatic heterocycles. The SMILES string of the molecule is Cc1cc(N(C)Cc2cn3cc(C4CC4)cc(N4CC(=O)N(C)C4=O)c3n2)nc(NC(=O)[C@H]2C[C@@H]2c2nccc(C)n2)n1. The number of rotatable bonds is 8. The predicted octanol–water partition coefficient (Wildman–Crippen LogP) is 3.19. The molecule has 0 bridgehead atoms. The molecule has 4 aromatic rings. The van der Waals surface area contributed by atoms with E-state index in [4.69, 9.17) is 4.98 Å². The zero-order valence-corrected chi connectivity index (χ0v) is 24.5. The van der Waals surface area contributed by atoms with Crippen LogP contribution in [0.25, 0.3) is 5.65 Å². The van der Waals surface area contributed by atoms with E-state index in [0.29, 0.717) is 47.6 Å². The minimum atomic E-state index is -0.350. The van der Waals surface area contributed by atoms with Crippen molar-refractivity contribution in [2.45, 2.75) is 51.5 Å². The summed E-state index contributed by atoms with van der Waals surface area (Å²) < 4.78 is 1.95. The highest BCUT2D eigenvalue weighted by atomic mass is 16.2. The first kappa shape index (κ1) is 26.9. The van der Waals surface area contributed by atoms with E-state index in [1.54, 1.807) is 6.20 Å². The summed E-state index contributed by atoms with van der Waals surface area (Å²) in [6, 6.07) is 5.34. The van der Waals surface area contributed by atoms with Crippen molar-refractivity contribution in [3.05, 3.63) is 65.3 Å². The van der Waals surface area contributed by atoms with Gasteiger partial charge >= 0.3 is 6.03 Å². The molecule has 13 heteroatoms. The Balaban J connectivity index is 1.10. The molecule has 43 heavy (non-hydrogen) atoms. The summed E-state index contributed by atoms with van der Waals surface area (Å²) in [5.74, 6) is 1.43. The Morgan fingerprint density at radius 2 is 1.88 bits per heavy atom. The van der Waals surface area contributed by atoms with Gasteiger partial charge < -0.3 is 9.30 Å². The van der Waals surface area contributed by atoms with Gasteiger partial charge in [0.2, 0.25) is 17.8 Å². The summed E-state index contributed by atoms with van der Waals surface area (Å²) in [6.07, 6.45) is 8.64. The summed E-state index contributed by atoms with van der Waals surface area (Å²) in [5, 5.41) is 2.88. The molecular formula is C30H32N10O3. The number of imidazole rings is 1. The van der Waals surface area contributed by atoms with Crippen LogP contribution in [0.5, 0.6) is 0 Å². The van der Waals surface area contributed by atoms with Crippen LogP contribution < -0.4 is 15.1 Å². The van der Waals surface area contributed by atoms with Gasteiger partial charge in [-0.15, -0.1) is 0 Å². The Bertz CT molecular complexity index is 1800. The lowest BCUT2D eigenvalue weighted by molar-refractivity contribution is -0.124. The van der Waals surface area contributed by atoms with Gasteiger partial charge in [-0.25, -0.2) is 24.7 Å². The van der Waals surface area contributed by atoms with Crippen LogP contribution in [0, 0.1) is 19.8 Å². The number of anilines is 3. The van der Waals surface area contributed by atoms with Gasteiger partial charge in [0.15, 0.2) is 5.65 Å². The number of amides is 4. The molecule has 13 nitrogen and oxygen atoms in total. The van der Waals surface area contributed by atoms with E-state index in [-0.39, 0.29) is 42.2 Å². The lowest BCUT2D eigenvalue weighted by atomic mass is 10.1. The van der Waals surface area contributed by atoms with Crippen LogP contribution in [0.1, 0.15) is 59.6 Å². The van der Waals surface area contributed by atoms with Gasteiger partial charge in [0, 0.05) is 62.0 Å². The summed E-state index contributed by atoms with van der Waals surface area (Å²) in [7, 11) is 3.40. The van der Waals surface area contributed by atoms with Crippen LogP contribution in [0.2, 0.25) is 0 Å². The zero-order valence-electron chi connectivity index (χ0n) is 24.5. The number of hydrogen-bond donors (Lipinski definition) is 1. The summed E-state index contributed by atoms with van der Waals surface area (Å²) in [4.78, 5) is 65.4. The van der Waals surface area contributed by atoms with Gasteiger partial charge in [-0.2, -0.15) is 4.98 Å². The number of hydrogen-bond acceptors (Lipinski definition) is 9. The van der Waals surface area contributed by atoms with E-state index < -0.39 is 0 Å². The van der Waals surface area contributed by atoms with Gasteiger partial charge in [-0.1, -0.05) is 0 Å². The second-order valence-corrected chi connectivity index (χ2v) is 11.8. The van der Waals surface area contributed by atoms with Crippen molar-refractivity contribution in [2.75, 3.05) is 35.8 Å². The molecular weight excluding hydrogens is 548 g/mol. The van der Waals surface area contributed by atoms with Crippen molar-refractivity contribution in [3.63, 3.8) is 0 Å². The third-order valence-electron chi connectivity index (χ3n) is 8.27. The van der Waals surface area contributed by atoms with Gasteiger partial charge in [0.05, 0.1) is 17.9 Å². The highest BCUT2D eigenvalue weighted by Gasteiger charge is 2.46. The van der Waals surface area contributed by atoms with E-state index in [0.717, 1.165) is 34.7 Å². The van der Waals surface area contributed by atoms with Crippen LogP contribution in [0.3, 0.4) is 0 Å². The maximum atomic E-state index is 13.0. The highest BCUT2D eigenvalue weighted by Crippen LogP contribution is 2.46. The number of nitrogens with zero attached hydrogens (tertiary/aromatic N) is 9. The fourth-order valence-electron chi connectivity index (χ4n) is 5.60. The number of fused-ring (bicyclic) bond motifs is 1. The number of aromatic nitrogens is 6. The van der Waals surface area contributed by atoms with Crippen LogP contribution in [0.4, 0.5) is 22.2 Å². The molecule has 0 spiro atoms. The van der Waals surface area contributed by atoms with Crippen LogP contribution >= 0.6 is 0 Å². The second kappa shape index (κ2) is 10.1. The lowest BCUT2D eigenvalue weighted by Crippen LogP contribution is -2.30. The number of carbonyl (C=O) groups excluding carboxylic acids is 3. The number of carbonyl (C=O) groups is 3. The highest BCUT2D eigenvalue weighted by molar-refractivity contribution is 6.13. The molecule has 3 aliphatic rings. The Morgan fingerprint density at radius 3 is 2.60 bits per heavy atom. The van der Waals surface area contributed by atoms with Crippen molar-refractivity contribution in [1.29, 1.82) is 0 Å². The molecule has 5 heterocycles. The monoisotopic (exact) mass is 580 g/mol. The quantitative estimate of drug-likeness (QED) is 0.311. The summed E-state index contributed by atoms with van der Waals surface area (Å²) >= 11 is 0. The fraction of sp³-hybridized carbons (Fsp3) is 0.400. The molecule has 4 amide bonds. The summed E-state index contributed by atoms with van der Waals surface area (Å²) in [6.45, 7) is 4.19. The van der Waals surface area contributed by atoms with Gasteiger partial charge in [0.1, 0.15) is 18.2 Å². The maximum absolute atomic E-state index is 13.0. The second-order valence-electron chi connectivity index (χ2n) is 11.8. The molecule has 220 valence electrons. The van der Waals surface area contributed by atoms with Crippen molar-refractivity contribution < 1.29 is 14.4 Å². The topological polar surface area (TPSA) is 142 Å². The first-order chi connectivity index (χ1) is 20.6. The number of aryl methyl sites for hydroxylation is 2. The first-order valence-corrected chi connectivity index (χ1v) is 14.4. The number of urea groups is 1. The maximum Gasteiger partial charge on any atom is 0.331 e. The third kappa shape index (κ3) is 5.15. The minimum absolute atomic E-state index is 0.00148. The molecule has 1 aliphatic heterocycles. The van der Waals surface area contributed by atoms with Crippen molar-refractivity contribution in [3.8, 4) is 0 Å². The van der Waals surface area contributed by atoms with E-state index in [1.807, 2.05) is 54.6 Å². The number of pyridine rings is 1. The zero-order chi connectivity index (χ0) is 30.0. The van der Waals surface area contributed by atoms with E-state index >= 15 is 0 Å². The average Bonchev–Trinajstić information content (AvgIpc) is 3.89. The average molecular weight is 581 g/mol. The molecule has 3 fully saturated rings. The molecule has 0 radical (unpaired) electrons.